The van der Waals surface area contributed by atoms with Crippen molar-refractivity contribution in [3.05, 3.63) is 46.0 Å². The summed E-state index contributed by atoms with van der Waals surface area (Å²) in [4.78, 5) is 23.1. The van der Waals surface area contributed by atoms with Gasteiger partial charge in [-0.15, -0.1) is 0 Å². The number of hydrogen-bond acceptors (Lipinski definition) is 3. The fourth-order valence-electron chi connectivity index (χ4n) is 1.26. The van der Waals surface area contributed by atoms with E-state index in [2.05, 4.69) is 0 Å². The molecule has 1 amide bonds. The van der Waals surface area contributed by atoms with Gasteiger partial charge in [0.25, 0.3) is 5.69 Å². The standard InChI is InChI=1S/C12H14N2O3/c1-9(7-12(15)13(2)3)10-5-4-6-11(8-10)14(16)17/h4-8H,1-3H3/b9-7+. The number of rotatable bonds is 3. The molecule has 0 fully saturated rings. The van der Waals surface area contributed by atoms with Crippen LogP contribution in [0.2, 0.25) is 0 Å². The van der Waals surface area contributed by atoms with E-state index >= 15 is 0 Å². The zero-order valence-corrected chi connectivity index (χ0v) is 10.0. The number of carbonyl (C=O) groups excluding carboxylic acids is 1. The Hall–Kier alpha value is -2.17. The predicted octanol–water partition coefficient (Wildman–Crippen LogP) is 2.09. The molecule has 0 atom stereocenters. The van der Waals surface area contributed by atoms with Gasteiger partial charge in [-0.1, -0.05) is 12.1 Å². The summed E-state index contributed by atoms with van der Waals surface area (Å²) in [7, 11) is 3.30. The van der Waals surface area contributed by atoms with E-state index in [9.17, 15) is 14.9 Å². The van der Waals surface area contributed by atoms with Crippen molar-refractivity contribution < 1.29 is 9.72 Å². The van der Waals surface area contributed by atoms with Crippen LogP contribution in [0.25, 0.3) is 5.57 Å². The summed E-state index contributed by atoms with van der Waals surface area (Å²) in [6, 6.07) is 6.21. The highest BCUT2D eigenvalue weighted by Crippen LogP contribution is 2.19. The Morgan fingerprint density at radius 1 is 1.41 bits per heavy atom. The fraction of sp³-hybridized carbons (Fsp3) is 0.250. The first-order valence-corrected chi connectivity index (χ1v) is 5.06. The summed E-state index contributed by atoms with van der Waals surface area (Å²) in [6.45, 7) is 1.75. The molecule has 90 valence electrons. The third kappa shape index (κ3) is 3.41. The molecule has 0 aliphatic heterocycles. The molecule has 0 aromatic heterocycles. The van der Waals surface area contributed by atoms with Crippen LogP contribution in [0, 0.1) is 10.1 Å². The lowest BCUT2D eigenvalue weighted by molar-refractivity contribution is -0.384. The minimum atomic E-state index is -0.454. The Kier molecular flexibility index (Phi) is 3.98. The molecule has 0 saturated heterocycles. The molecular weight excluding hydrogens is 220 g/mol. The van der Waals surface area contributed by atoms with Gasteiger partial charge < -0.3 is 4.90 Å². The Morgan fingerprint density at radius 2 is 2.06 bits per heavy atom. The van der Waals surface area contributed by atoms with Gasteiger partial charge in [0.05, 0.1) is 4.92 Å². The average molecular weight is 234 g/mol. The van der Waals surface area contributed by atoms with E-state index in [0.29, 0.717) is 11.1 Å². The number of likely N-dealkylation sites (N-methyl/N-ethyl adjacent to an activating group) is 1. The van der Waals surface area contributed by atoms with Crippen LogP contribution in [-0.4, -0.2) is 29.8 Å². The number of carbonyl (C=O) groups is 1. The summed E-state index contributed by atoms with van der Waals surface area (Å²) in [5.74, 6) is -0.144. The first-order chi connectivity index (χ1) is 7.91. The molecule has 1 aromatic rings. The summed E-state index contributed by atoms with van der Waals surface area (Å²) in [5, 5.41) is 10.6. The number of nitro benzene ring substituents is 1. The molecule has 0 spiro atoms. The van der Waals surface area contributed by atoms with Crippen molar-refractivity contribution >= 4 is 17.2 Å². The van der Waals surface area contributed by atoms with Gasteiger partial charge in [0.1, 0.15) is 0 Å². The maximum Gasteiger partial charge on any atom is 0.270 e. The summed E-state index contributed by atoms with van der Waals surface area (Å²) in [5.41, 5.74) is 1.40. The van der Waals surface area contributed by atoms with E-state index in [1.165, 1.54) is 23.1 Å². The van der Waals surface area contributed by atoms with Gasteiger partial charge in [0.2, 0.25) is 5.91 Å². The monoisotopic (exact) mass is 234 g/mol. The van der Waals surface area contributed by atoms with E-state index < -0.39 is 4.92 Å². The zero-order chi connectivity index (χ0) is 13.0. The molecule has 0 radical (unpaired) electrons. The van der Waals surface area contributed by atoms with E-state index in [1.54, 1.807) is 33.2 Å². The molecule has 0 unspecified atom stereocenters. The van der Waals surface area contributed by atoms with Gasteiger partial charge in [0, 0.05) is 32.3 Å². The van der Waals surface area contributed by atoms with E-state index in [0.717, 1.165) is 0 Å². The van der Waals surface area contributed by atoms with Gasteiger partial charge >= 0.3 is 0 Å². The number of benzene rings is 1. The minimum absolute atomic E-state index is 0.0209. The summed E-state index contributed by atoms with van der Waals surface area (Å²) < 4.78 is 0. The van der Waals surface area contributed by atoms with Crippen molar-refractivity contribution in [2.75, 3.05) is 14.1 Å². The van der Waals surface area contributed by atoms with Crippen molar-refractivity contribution in [2.24, 2.45) is 0 Å². The van der Waals surface area contributed by atoms with Crippen molar-refractivity contribution in [3.8, 4) is 0 Å². The van der Waals surface area contributed by atoms with Crippen LogP contribution in [0.3, 0.4) is 0 Å². The van der Waals surface area contributed by atoms with Crippen molar-refractivity contribution in [1.82, 2.24) is 4.90 Å². The maximum atomic E-state index is 11.5. The molecule has 5 heteroatoms. The van der Waals surface area contributed by atoms with Gasteiger partial charge in [-0.05, 0) is 18.1 Å². The van der Waals surface area contributed by atoms with Crippen LogP contribution < -0.4 is 0 Å². The molecule has 1 aromatic carbocycles. The lowest BCUT2D eigenvalue weighted by Crippen LogP contribution is -2.19. The molecule has 1 rings (SSSR count). The van der Waals surface area contributed by atoms with E-state index in [4.69, 9.17) is 0 Å². The summed E-state index contributed by atoms with van der Waals surface area (Å²) in [6.07, 6.45) is 1.46. The maximum absolute atomic E-state index is 11.5. The fourth-order valence-corrected chi connectivity index (χ4v) is 1.26. The third-order valence-corrected chi connectivity index (χ3v) is 2.29. The van der Waals surface area contributed by atoms with Crippen LogP contribution in [0.1, 0.15) is 12.5 Å². The van der Waals surface area contributed by atoms with Gasteiger partial charge in [-0.25, -0.2) is 0 Å². The van der Waals surface area contributed by atoms with Crippen LogP contribution in [0.15, 0.2) is 30.3 Å². The lowest BCUT2D eigenvalue weighted by Gasteiger charge is -2.07. The largest absolute Gasteiger partial charge is 0.345 e. The minimum Gasteiger partial charge on any atom is -0.345 e. The molecule has 0 heterocycles. The highest BCUT2D eigenvalue weighted by atomic mass is 16.6. The van der Waals surface area contributed by atoms with Crippen molar-refractivity contribution in [2.45, 2.75) is 6.92 Å². The van der Waals surface area contributed by atoms with Crippen LogP contribution in [0.5, 0.6) is 0 Å². The van der Waals surface area contributed by atoms with E-state index in [-0.39, 0.29) is 11.6 Å². The molecule has 17 heavy (non-hydrogen) atoms. The second-order valence-corrected chi connectivity index (χ2v) is 3.87. The zero-order valence-electron chi connectivity index (χ0n) is 10.0. The highest BCUT2D eigenvalue weighted by Gasteiger charge is 2.08. The van der Waals surface area contributed by atoms with E-state index in [1.807, 2.05) is 0 Å². The van der Waals surface area contributed by atoms with Gasteiger partial charge in [0.15, 0.2) is 0 Å². The van der Waals surface area contributed by atoms with Crippen LogP contribution in [-0.2, 0) is 4.79 Å². The lowest BCUT2D eigenvalue weighted by atomic mass is 10.1. The number of nitrogens with zero attached hydrogens (tertiary/aromatic N) is 2. The number of non-ortho nitro benzene ring substituents is 1. The summed E-state index contributed by atoms with van der Waals surface area (Å²) >= 11 is 0. The molecule has 0 saturated carbocycles. The highest BCUT2D eigenvalue weighted by molar-refractivity contribution is 5.94. The Bertz CT molecular complexity index is 478. The van der Waals surface area contributed by atoms with Crippen molar-refractivity contribution in [1.29, 1.82) is 0 Å². The molecule has 0 aliphatic carbocycles. The Morgan fingerprint density at radius 3 is 2.59 bits per heavy atom. The quantitative estimate of drug-likeness (QED) is 0.457. The normalized spacial score (nSPS) is 11.1. The molecule has 0 aliphatic rings. The topological polar surface area (TPSA) is 63.5 Å². The first-order valence-electron chi connectivity index (χ1n) is 5.06. The van der Waals surface area contributed by atoms with Gasteiger partial charge in [-0.3, -0.25) is 14.9 Å². The number of nitro groups is 1. The number of allylic oxidation sites excluding steroid dienone is 1. The number of hydrogen-bond donors (Lipinski definition) is 0. The predicted molar refractivity (Wildman–Crippen MR) is 65.4 cm³/mol. The Labute approximate surface area is 99.5 Å². The molecule has 0 bridgehead atoms. The molecule has 0 N–H and O–H groups in total. The van der Waals surface area contributed by atoms with Crippen LogP contribution in [0.4, 0.5) is 5.69 Å². The second kappa shape index (κ2) is 5.25. The second-order valence-electron chi connectivity index (χ2n) is 3.87. The van der Waals surface area contributed by atoms with Gasteiger partial charge in [-0.2, -0.15) is 0 Å². The molecular formula is C12H14N2O3. The Balaban J connectivity index is 3.04. The SMILES string of the molecule is C/C(=C\C(=O)N(C)C)c1cccc([N+](=O)[O-])c1. The van der Waals surface area contributed by atoms with Crippen LogP contribution >= 0.6 is 0 Å². The first kappa shape index (κ1) is 12.9. The van der Waals surface area contributed by atoms with Crippen molar-refractivity contribution in [3.63, 3.8) is 0 Å². The smallest absolute Gasteiger partial charge is 0.270 e. The average Bonchev–Trinajstić information content (AvgIpc) is 2.28. The number of amides is 1. The third-order valence-electron chi connectivity index (χ3n) is 2.29. The molecule has 5 nitrogen and oxygen atoms in total.